The second-order valence-electron chi connectivity index (χ2n) is 10.2. The molecule has 0 aromatic carbocycles. The highest BCUT2D eigenvalue weighted by molar-refractivity contribution is 7.80. The van der Waals surface area contributed by atoms with Crippen molar-refractivity contribution < 1.29 is 9.53 Å². The second-order valence-corrected chi connectivity index (χ2v) is 10.6. The Hall–Kier alpha value is -1.95. The van der Waals surface area contributed by atoms with Crippen LogP contribution in [0.3, 0.4) is 0 Å². The van der Waals surface area contributed by atoms with Gasteiger partial charge in [-0.05, 0) is 85.9 Å². The second kappa shape index (κ2) is 7.04. The molecule has 5 atom stereocenters. The van der Waals surface area contributed by atoms with Crippen LogP contribution in [-0.4, -0.2) is 23.4 Å². The third kappa shape index (κ3) is 2.98. The van der Waals surface area contributed by atoms with Crippen LogP contribution in [0.5, 0.6) is 0 Å². The minimum absolute atomic E-state index is 0.0617. The maximum Gasteiger partial charge on any atom is 0.331 e. The summed E-state index contributed by atoms with van der Waals surface area (Å²) in [4.78, 5) is 11.6. The lowest BCUT2D eigenvalue weighted by Crippen LogP contribution is -2.51. The number of esters is 1. The van der Waals surface area contributed by atoms with Crippen molar-refractivity contribution in [3.05, 3.63) is 34.9 Å². The number of hydrogen-bond donors (Lipinski definition) is 2. The number of rotatable bonds is 2. The lowest BCUT2D eigenvalue weighted by atomic mass is 9.46. The Morgan fingerprint density at radius 2 is 2.10 bits per heavy atom. The Balaban J connectivity index is 1.36. The van der Waals surface area contributed by atoms with Crippen LogP contribution in [0.1, 0.15) is 58.8 Å². The maximum atomic E-state index is 11.6. The monoisotopic (exact) mass is 425 g/mol. The molecule has 6 heteroatoms. The number of ether oxygens (including phenoxy) is 1. The predicted molar refractivity (Wildman–Crippen MR) is 122 cm³/mol. The summed E-state index contributed by atoms with van der Waals surface area (Å²) in [5.74, 6) is 1.85. The number of carbonyl (C=O) groups is 1. The van der Waals surface area contributed by atoms with Crippen LogP contribution in [0.4, 0.5) is 0 Å². The average molecular weight is 426 g/mol. The van der Waals surface area contributed by atoms with Crippen LogP contribution < -0.4 is 11.2 Å². The molecule has 0 amide bonds. The standard InChI is InChI=1S/C24H31N3O2S/c1-23-9-7-16(26-27-22(25)30)12-15(23)3-4-17-19-6-5-18(14-11-21(28)29-13-14)24(19,2)10-8-20(17)23/h5-6,11,15,17,20H,3-4,7-10,12-13H2,1-2H3,(H3,25,27,30)/t15-,17-,20+,23+,24-/m1/s1. The van der Waals surface area contributed by atoms with Gasteiger partial charge < -0.3 is 10.5 Å². The SMILES string of the molecule is C[C@]12CC[C@H]3[C@H](CC[C@@H]4CC(=NNC(N)=S)CC[C@@]43C)C1=CC=C2C1=CC(=O)OC1. The Morgan fingerprint density at radius 1 is 1.27 bits per heavy atom. The molecule has 0 bridgehead atoms. The lowest BCUT2D eigenvalue weighted by Gasteiger charge is -2.58. The molecule has 5 aliphatic rings. The number of fused-ring (bicyclic) bond motifs is 5. The third-order valence-corrected chi connectivity index (χ3v) is 8.97. The highest BCUT2D eigenvalue weighted by atomic mass is 32.1. The van der Waals surface area contributed by atoms with Crippen LogP contribution in [0, 0.1) is 28.6 Å². The van der Waals surface area contributed by atoms with E-state index in [0.29, 0.717) is 23.9 Å². The molecule has 3 N–H and O–H groups in total. The van der Waals surface area contributed by atoms with Gasteiger partial charge in [0.05, 0.1) is 0 Å². The van der Waals surface area contributed by atoms with Gasteiger partial charge in [-0.25, -0.2) is 4.79 Å². The molecule has 160 valence electrons. The van der Waals surface area contributed by atoms with Crippen molar-refractivity contribution in [1.82, 2.24) is 5.43 Å². The first-order valence-electron chi connectivity index (χ1n) is 11.2. The summed E-state index contributed by atoms with van der Waals surface area (Å²) in [6.07, 6.45) is 14.5. The molecule has 0 unspecified atom stereocenters. The van der Waals surface area contributed by atoms with Gasteiger partial charge in [-0.1, -0.05) is 31.6 Å². The van der Waals surface area contributed by atoms with Crippen LogP contribution >= 0.6 is 12.2 Å². The molecule has 5 rings (SSSR count). The van der Waals surface area contributed by atoms with E-state index in [-0.39, 0.29) is 16.5 Å². The van der Waals surface area contributed by atoms with Gasteiger partial charge in [-0.15, -0.1) is 0 Å². The summed E-state index contributed by atoms with van der Waals surface area (Å²) in [6, 6.07) is 0. The smallest absolute Gasteiger partial charge is 0.331 e. The van der Waals surface area contributed by atoms with E-state index in [1.54, 1.807) is 11.6 Å². The number of thiocarbonyl (C=S) groups is 1. The van der Waals surface area contributed by atoms with E-state index in [1.165, 1.54) is 37.0 Å². The highest BCUT2D eigenvalue weighted by Crippen LogP contribution is 2.65. The average Bonchev–Trinajstić information content (AvgIpc) is 3.28. The first-order valence-corrected chi connectivity index (χ1v) is 11.6. The lowest BCUT2D eigenvalue weighted by molar-refractivity contribution is -0.134. The molecule has 1 heterocycles. The normalized spacial score (nSPS) is 41.1. The topological polar surface area (TPSA) is 76.7 Å². The molecule has 0 aromatic rings. The van der Waals surface area contributed by atoms with E-state index in [2.05, 4.69) is 36.5 Å². The van der Waals surface area contributed by atoms with Crippen LogP contribution in [0.15, 0.2) is 40.0 Å². The van der Waals surface area contributed by atoms with Crippen molar-refractivity contribution in [2.24, 2.45) is 39.4 Å². The van der Waals surface area contributed by atoms with E-state index >= 15 is 0 Å². The van der Waals surface area contributed by atoms with E-state index in [0.717, 1.165) is 30.8 Å². The van der Waals surface area contributed by atoms with Crippen molar-refractivity contribution in [3.63, 3.8) is 0 Å². The molecule has 3 fully saturated rings. The van der Waals surface area contributed by atoms with E-state index in [1.807, 2.05) is 0 Å². The van der Waals surface area contributed by atoms with Crippen molar-refractivity contribution >= 4 is 29.0 Å². The zero-order chi connectivity index (χ0) is 21.1. The zero-order valence-electron chi connectivity index (χ0n) is 17.9. The third-order valence-electron chi connectivity index (χ3n) is 8.87. The van der Waals surface area contributed by atoms with Gasteiger partial charge in [0.15, 0.2) is 5.11 Å². The van der Waals surface area contributed by atoms with Gasteiger partial charge in [0.2, 0.25) is 0 Å². The number of nitrogens with one attached hydrogen (secondary N) is 1. The highest BCUT2D eigenvalue weighted by Gasteiger charge is 2.56. The summed E-state index contributed by atoms with van der Waals surface area (Å²) in [5.41, 5.74) is 14.0. The quantitative estimate of drug-likeness (QED) is 0.395. The fraction of sp³-hybridized carbons (Fsp3) is 0.625. The number of nitrogens with two attached hydrogens (primary N) is 1. The van der Waals surface area contributed by atoms with Crippen LogP contribution in [-0.2, 0) is 9.53 Å². The Kier molecular flexibility index (Phi) is 4.69. The minimum atomic E-state index is -0.200. The molecule has 0 spiro atoms. The molecule has 0 radical (unpaired) electrons. The summed E-state index contributed by atoms with van der Waals surface area (Å²) in [7, 11) is 0. The molecule has 1 aliphatic heterocycles. The predicted octanol–water partition coefficient (Wildman–Crippen LogP) is 4.16. The molecular weight excluding hydrogens is 394 g/mol. The molecule has 5 nitrogen and oxygen atoms in total. The first kappa shape index (κ1) is 20.0. The van der Waals surface area contributed by atoms with E-state index < -0.39 is 0 Å². The molecule has 0 aromatic heterocycles. The van der Waals surface area contributed by atoms with Gasteiger partial charge in [-0.2, -0.15) is 5.10 Å². The van der Waals surface area contributed by atoms with Crippen molar-refractivity contribution in [1.29, 1.82) is 0 Å². The fourth-order valence-corrected chi connectivity index (χ4v) is 7.33. The summed E-state index contributed by atoms with van der Waals surface area (Å²) in [6.45, 7) is 5.35. The number of nitrogens with zero attached hydrogens (tertiary/aromatic N) is 1. The number of carbonyl (C=O) groups excluding carboxylic acids is 1. The minimum Gasteiger partial charge on any atom is -0.458 e. The number of hydrazone groups is 1. The number of allylic oxidation sites excluding steroid dienone is 3. The number of hydrogen-bond acceptors (Lipinski definition) is 4. The first-order chi connectivity index (χ1) is 14.3. The van der Waals surface area contributed by atoms with Crippen molar-refractivity contribution in [2.75, 3.05) is 6.61 Å². The van der Waals surface area contributed by atoms with Crippen LogP contribution in [0.25, 0.3) is 0 Å². The summed E-state index contributed by atoms with van der Waals surface area (Å²) < 4.78 is 5.21. The van der Waals surface area contributed by atoms with E-state index in [4.69, 9.17) is 22.7 Å². The Labute approximate surface area is 183 Å². The molecular formula is C24H31N3O2S. The number of cyclic esters (lactones) is 1. The largest absolute Gasteiger partial charge is 0.458 e. The van der Waals surface area contributed by atoms with Crippen molar-refractivity contribution in [2.45, 2.75) is 58.8 Å². The molecule has 3 saturated carbocycles. The van der Waals surface area contributed by atoms with Crippen LogP contribution in [0.2, 0.25) is 0 Å². The van der Waals surface area contributed by atoms with Gasteiger partial charge in [0.25, 0.3) is 0 Å². The Morgan fingerprint density at radius 3 is 2.83 bits per heavy atom. The summed E-state index contributed by atoms with van der Waals surface area (Å²) >= 11 is 4.90. The molecule has 4 aliphatic carbocycles. The fourth-order valence-electron chi connectivity index (χ4n) is 7.28. The molecule has 30 heavy (non-hydrogen) atoms. The van der Waals surface area contributed by atoms with Gasteiger partial charge >= 0.3 is 5.97 Å². The van der Waals surface area contributed by atoms with Gasteiger partial charge in [0.1, 0.15) is 6.61 Å². The summed E-state index contributed by atoms with van der Waals surface area (Å²) in [5, 5.41) is 4.71. The molecule has 0 saturated heterocycles. The van der Waals surface area contributed by atoms with Gasteiger partial charge in [-0.3, -0.25) is 5.43 Å². The maximum absolute atomic E-state index is 11.6. The van der Waals surface area contributed by atoms with E-state index in [9.17, 15) is 4.79 Å². The van der Waals surface area contributed by atoms with Gasteiger partial charge in [0, 0.05) is 22.8 Å². The zero-order valence-corrected chi connectivity index (χ0v) is 18.7. The Bertz CT molecular complexity index is 933. The van der Waals surface area contributed by atoms with Crippen molar-refractivity contribution in [3.8, 4) is 0 Å².